The molecule has 1 aliphatic rings. The first-order chi connectivity index (χ1) is 15.9. The van der Waals surface area contributed by atoms with Crippen LogP contribution in [0.3, 0.4) is 0 Å². The molecule has 4 rings (SSSR count). The number of nitrogens with zero attached hydrogens (tertiary/aromatic N) is 3. The number of carbonyl (C=O) groups is 1. The van der Waals surface area contributed by atoms with E-state index in [-0.39, 0.29) is 23.3 Å². The van der Waals surface area contributed by atoms with Gasteiger partial charge in [0, 0.05) is 12.0 Å². The van der Waals surface area contributed by atoms with Crippen molar-refractivity contribution in [1.29, 1.82) is 5.26 Å². The third-order valence-electron chi connectivity index (χ3n) is 5.83. The molecule has 0 aliphatic heterocycles. The minimum atomic E-state index is -0.235. The number of anilines is 1. The van der Waals surface area contributed by atoms with Gasteiger partial charge in [0.05, 0.1) is 34.9 Å². The summed E-state index contributed by atoms with van der Waals surface area (Å²) < 4.78 is 6.85. The molecule has 1 N–H and O–H groups in total. The van der Waals surface area contributed by atoms with Crippen molar-refractivity contribution in [3.05, 3.63) is 50.6 Å². The molecule has 2 heterocycles. The third kappa shape index (κ3) is 4.83. The summed E-state index contributed by atoms with van der Waals surface area (Å²) in [6.45, 7) is 4.45. The van der Waals surface area contributed by atoms with E-state index in [1.165, 1.54) is 28.0 Å². The van der Waals surface area contributed by atoms with Crippen molar-refractivity contribution >= 4 is 44.9 Å². The summed E-state index contributed by atoms with van der Waals surface area (Å²) in [6.07, 6.45) is 2.89. The van der Waals surface area contributed by atoms with Gasteiger partial charge in [0.1, 0.15) is 11.1 Å². The van der Waals surface area contributed by atoms with Crippen LogP contribution in [-0.4, -0.2) is 34.9 Å². The van der Waals surface area contributed by atoms with Crippen LogP contribution in [0.15, 0.2) is 34.2 Å². The molecule has 3 aromatic rings. The number of amides is 1. The van der Waals surface area contributed by atoms with Crippen molar-refractivity contribution in [2.45, 2.75) is 44.3 Å². The van der Waals surface area contributed by atoms with E-state index >= 15 is 0 Å². The lowest BCUT2D eigenvalue weighted by molar-refractivity contribution is -0.113. The van der Waals surface area contributed by atoms with Gasteiger partial charge in [-0.1, -0.05) is 30.8 Å². The SMILES string of the molecule is COCC(C)n1c(SCC(=O)Nc2sc3c(c2C#N)CCC(C)C3)nc2ccccc2c1=O. The van der Waals surface area contributed by atoms with Crippen LogP contribution in [-0.2, 0) is 22.4 Å². The Balaban J connectivity index is 1.57. The average molecular weight is 483 g/mol. The number of nitrogens with one attached hydrogen (secondary N) is 1. The Morgan fingerprint density at radius 2 is 2.24 bits per heavy atom. The first-order valence-corrected chi connectivity index (χ1v) is 12.7. The lowest BCUT2D eigenvalue weighted by Crippen LogP contribution is -2.29. The second-order valence-corrected chi connectivity index (χ2v) is 10.4. The number of aromatic nitrogens is 2. The fourth-order valence-corrected chi connectivity index (χ4v) is 6.46. The molecule has 0 saturated heterocycles. The number of rotatable bonds is 7. The molecule has 0 saturated carbocycles. The lowest BCUT2D eigenvalue weighted by atomic mass is 9.89. The molecular formula is C24H26N4O3S2. The number of hydrogen-bond donors (Lipinski definition) is 1. The number of methoxy groups -OCH3 is 1. The highest BCUT2D eigenvalue weighted by atomic mass is 32.2. The average Bonchev–Trinajstić information content (AvgIpc) is 3.13. The molecule has 0 spiro atoms. The molecule has 2 aromatic heterocycles. The number of benzene rings is 1. The van der Waals surface area contributed by atoms with Crippen LogP contribution in [0.2, 0.25) is 0 Å². The molecule has 1 aromatic carbocycles. The Labute approximate surface area is 200 Å². The van der Waals surface area contributed by atoms with Gasteiger partial charge in [-0.05, 0) is 49.8 Å². The van der Waals surface area contributed by atoms with Crippen molar-refractivity contribution in [3.63, 3.8) is 0 Å². The fraction of sp³-hybridized carbons (Fsp3) is 0.417. The fourth-order valence-electron chi connectivity index (χ4n) is 4.18. The molecule has 7 nitrogen and oxygen atoms in total. The van der Waals surface area contributed by atoms with Crippen LogP contribution >= 0.6 is 23.1 Å². The number of thiophene rings is 1. The normalized spacial score (nSPS) is 16.2. The summed E-state index contributed by atoms with van der Waals surface area (Å²) in [7, 11) is 1.59. The number of carbonyl (C=O) groups excluding carboxylic acids is 1. The molecule has 172 valence electrons. The van der Waals surface area contributed by atoms with Gasteiger partial charge in [0.15, 0.2) is 5.16 Å². The van der Waals surface area contributed by atoms with E-state index in [0.29, 0.717) is 39.1 Å². The van der Waals surface area contributed by atoms with Crippen LogP contribution in [0, 0.1) is 17.2 Å². The van der Waals surface area contributed by atoms with Gasteiger partial charge in [-0.3, -0.25) is 14.2 Å². The predicted octanol–water partition coefficient (Wildman–Crippen LogP) is 4.39. The number of ether oxygens (including phenoxy) is 1. The molecule has 0 fully saturated rings. The first kappa shape index (κ1) is 23.5. The van der Waals surface area contributed by atoms with Crippen molar-refractivity contribution in [1.82, 2.24) is 9.55 Å². The second-order valence-electron chi connectivity index (χ2n) is 8.40. The number of para-hydroxylation sites is 1. The minimum absolute atomic E-state index is 0.0777. The quantitative estimate of drug-likeness (QED) is 0.396. The zero-order valence-electron chi connectivity index (χ0n) is 18.9. The molecule has 0 radical (unpaired) electrons. The molecule has 2 atom stereocenters. The monoisotopic (exact) mass is 482 g/mol. The zero-order chi connectivity index (χ0) is 23.5. The van der Waals surface area contributed by atoms with E-state index < -0.39 is 0 Å². The highest BCUT2D eigenvalue weighted by Crippen LogP contribution is 2.39. The molecule has 0 bridgehead atoms. The van der Waals surface area contributed by atoms with Crippen molar-refractivity contribution < 1.29 is 9.53 Å². The van der Waals surface area contributed by atoms with Gasteiger partial charge in [0.2, 0.25) is 5.91 Å². The largest absolute Gasteiger partial charge is 0.383 e. The summed E-state index contributed by atoms with van der Waals surface area (Å²) in [6, 6.07) is 9.24. The highest BCUT2D eigenvalue weighted by molar-refractivity contribution is 7.99. The van der Waals surface area contributed by atoms with Crippen LogP contribution in [0.1, 0.15) is 42.3 Å². The standard InChI is InChI=1S/C24H26N4O3S2/c1-14-8-9-16-18(11-25)22(33-20(16)10-14)27-21(29)13-32-24-26-19-7-5-4-6-17(19)23(30)28(24)15(2)12-31-3/h4-7,14-15H,8-10,12-13H2,1-3H3,(H,27,29). The van der Waals surface area contributed by atoms with Gasteiger partial charge in [-0.15, -0.1) is 11.3 Å². The summed E-state index contributed by atoms with van der Waals surface area (Å²) >= 11 is 2.72. The minimum Gasteiger partial charge on any atom is -0.383 e. The molecule has 2 unspecified atom stereocenters. The summed E-state index contributed by atoms with van der Waals surface area (Å²) in [4.78, 5) is 31.8. The number of thioether (sulfide) groups is 1. The van der Waals surface area contributed by atoms with Gasteiger partial charge in [0.25, 0.3) is 5.56 Å². The summed E-state index contributed by atoms with van der Waals surface area (Å²) in [5, 5.41) is 14.2. The summed E-state index contributed by atoms with van der Waals surface area (Å²) in [5.41, 5.74) is 2.12. The highest BCUT2D eigenvalue weighted by Gasteiger charge is 2.25. The molecule has 9 heteroatoms. The van der Waals surface area contributed by atoms with E-state index in [4.69, 9.17) is 4.74 Å². The van der Waals surface area contributed by atoms with E-state index in [1.54, 1.807) is 23.8 Å². The number of fused-ring (bicyclic) bond motifs is 2. The number of hydrogen-bond acceptors (Lipinski definition) is 7. The molecule has 1 aliphatic carbocycles. The van der Waals surface area contributed by atoms with E-state index in [2.05, 4.69) is 23.3 Å². The lowest BCUT2D eigenvalue weighted by Gasteiger charge is -2.18. The van der Waals surface area contributed by atoms with Crippen LogP contribution < -0.4 is 10.9 Å². The van der Waals surface area contributed by atoms with Crippen LogP contribution in [0.25, 0.3) is 10.9 Å². The van der Waals surface area contributed by atoms with Crippen LogP contribution in [0.5, 0.6) is 0 Å². The van der Waals surface area contributed by atoms with Crippen molar-refractivity contribution in [3.8, 4) is 6.07 Å². The molecule has 1 amide bonds. The smallest absolute Gasteiger partial charge is 0.262 e. The predicted molar refractivity (Wildman–Crippen MR) is 132 cm³/mol. The van der Waals surface area contributed by atoms with Gasteiger partial charge >= 0.3 is 0 Å². The second kappa shape index (κ2) is 10.1. The topological polar surface area (TPSA) is 97.0 Å². The zero-order valence-corrected chi connectivity index (χ0v) is 20.5. The van der Waals surface area contributed by atoms with E-state index in [9.17, 15) is 14.9 Å². The van der Waals surface area contributed by atoms with Crippen LogP contribution in [0.4, 0.5) is 5.00 Å². The van der Waals surface area contributed by atoms with Gasteiger partial charge in [-0.2, -0.15) is 5.26 Å². The maximum atomic E-state index is 13.1. The maximum absolute atomic E-state index is 13.1. The Morgan fingerprint density at radius 3 is 3.00 bits per heavy atom. The van der Waals surface area contributed by atoms with Gasteiger partial charge in [-0.25, -0.2) is 4.98 Å². The molecule has 33 heavy (non-hydrogen) atoms. The Kier molecular flexibility index (Phi) is 7.17. The summed E-state index contributed by atoms with van der Waals surface area (Å²) in [5.74, 6) is 0.442. The molecular weight excluding hydrogens is 456 g/mol. The Hall–Kier alpha value is -2.67. The van der Waals surface area contributed by atoms with E-state index in [0.717, 1.165) is 24.8 Å². The Bertz CT molecular complexity index is 1290. The third-order valence-corrected chi connectivity index (χ3v) is 7.96. The maximum Gasteiger partial charge on any atom is 0.262 e. The van der Waals surface area contributed by atoms with E-state index in [1.807, 2.05) is 19.1 Å². The number of nitriles is 1. The van der Waals surface area contributed by atoms with Gasteiger partial charge < -0.3 is 10.1 Å². The van der Waals surface area contributed by atoms with Crippen molar-refractivity contribution in [2.24, 2.45) is 5.92 Å². The Morgan fingerprint density at radius 1 is 1.45 bits per heavy atom. The van der Waals surface area contributed by atoms with Crippen molar-refractivity contribution in [2.75, 3.05) is 24.8 Å². The first-order valence-electron chi connectivity index (χ1n) is 10.9.